The van der Waals surface area contributed by atoms with Gasteiger partial charge in [-0.15, -0.1) is 0 Å². The average Bonchev–Trinajstić information content (AvgIpc) is 3.54. The molecule has 0 N–H and O–H groups in total. The van der Waals surface area contributed by atoms with Gasteiger partial charge in [0.1, 0.15) is 0 Å². The summed E-state index contributed by atoms with van der Waals surface area (Å²) in [7, 11) is 3.62. The molecule has 0 aliphatic carbocycles. The lowest BCUT2D eigenvalue weighted by Gasteiger charge is -2.31. The number of benzene rings is 1. The van der Waals surface area contributed by atoms with Gasteiger partial charge in [0, 0.05) is 40.2 Å². The number of hydrogen-bond donors (Lipinski definition) is 0. The maximum Gasteiger partial charge on any atom is 0.230 e. The zero-order chi connectivity index (χ0) is 21.8. The Morgan fingerprint density at radius 2 is 2.00 bits per heavy atom. The van der Waals surface area contributed by atoms with Gasteiger partial charge in [-0.05, 0) is 65.6 Å². The molecule has 0 unspecified atom stereocenters. The molecule has 3 heterocycles. The third kappa shape index (κ3) is 5.01. The molecule has 4 rings (SSSR count). The van der Waals surface area contributed by atoms with E-state index in [0.29, 0.717) is 32.4 Å². The summed E-state index contributed by atoms with van der Waals surface area (Å²) < 4.78 is 5.66. The van der Waals surface area contributed by atoms with Gasteiger partial charge in [0.05, 0.1) is 11.5 Å². The highest BCUT2D eigenvalue weighted by atomic mass is 32.1. The molecule has 31 heavy (non-hydrogen) atoms. The summed E-state index contributed by atoms with van der Waals surface area (Å²) in [5.74, 6) is 0.264. The highest BCUT2D eigenvalue weighted by molar-refractivity contribution is 7.08. The predicted molar refractivity (Wildman–Crippen MR) is 124 cm³/mol. The zero-order valence-electron chi connectivity index (χ0n) is 18.5. The summed E-state index contributed by atoms with van der Waals surface area (Å²) in [6.07, 6.45) is 5.03. The van der Waals surface area contributed by atoms with Crippen LogP contribution in [-0.2, 0) is 20.7 Å². The monoisotopic (exact) mass is 440 g/mol. The second-order valence-electron chi connectivity index (χ2n) is 9.10. The molecule has 0 saturated carbocycles. The molecule has 1 aromatic carbocycles. The van der Waals surface area contributed by atoms with Gasteiger partial charge in [0.25, 0.3) is 0 Å². The van der Waals surface area contributed by atoms with Crippen LogP contribution in [-0.4, -0.2) is 61.5 Å². The minimum absolute atomic E-state index is 0.115. The number of likely N-dealkylation sites (tertiary alicyclic amines) is 1. The van der Waals surface area contributed by atoms with E-state index >= 15 is 0 Å². The SMILES string of the molecule is CN(C)C(=O)[C@]1(Cc2ccc(-c3ccsc3)cc2)CCN(C(=O)CC[C@H]2CCCO2)C1. The Morgan fingerprint density at radius 1 is 1.19 bits per heavy atom. The van der Waals surface area contributed by atoms with E-state index in [1.54, 1.807) is 16.2 Å². The van der Waals surface area contributed by atoms with Crippen molar-refractivity contribution >= 4 is 23.2 Å². The first-order valence-corrected chi connectivity index (χ1v) is 12.1. The van der Waals surface area contributed by atoms with Crippen LogP contribution in [0.25, 0.3) is 11.1 Å². The van der Waals surface area contributed by atoms with Crippen molar-refractivity contribution in [2.75, 3.05) is 33.8 Å². The molecular formula is C25H32N2O3S. The van der Waals surface area contributed by atoms with Crippen LogP contribution in [0.3, 0.4) is 0 Å². The smallest absolute Gasteiger partial charge is 0.230 e. The Bertz CT molecular complexity index is 888. The largest absolute Gasteiger partial charge is 0.378 e. The molecule has 0 spiro atoms. The third-order valence-corrected chi connectivity index (χ3v) is 7.30. The molecule has 6 heteroatoms. The van der Waals surface area contributed by atoms with E-state index in [1.807, 2.05) is 19.0 Å². The third-order valence-electron chi connectivity index (χ3n) is 6.62. The first-order chi connectivity index (χ1) is 15.0. The Hall–Kier alpha value is -2.18. The normalized spacial score (nSPS) is 23.3. The van der Waals surface area contributed by atoms with Gasteiger partial charge >= 0.3 is 0 Å². The van der Waals surface area contributed by atoms with Crippen molar-refractivity contribution in [1.82, 2.24) is 9.80 Å². The minimum Gasteiger partial charge on any atom is -0.378 e. The summed E-state index contributed by atoms with van der Waals surface area (Å²) in [5.41, 5.74) is 3.00. The van der Waals surface area contributed by atoms with Gasteiger partial charge in [-0.1, -0.05) is 24.3 Å². The molecule has 2 amide bonds. The molecule has 0 radical (unpaired) electrons. The Balaban J connectivity index is 1.44. The molecule has 1 aromatic heterocycles. The van der Waals surface area contributed by atoms with Crippen molar-refractivity contribution in [2.24, 2.45) is 5.41 Å². The fourth-order valence-electron chi connectivity index (χ4n) is 4.90. The molecule has 2 fully saturated rings. The maximum atomic E-state index is 13.2. The topological polar surface area (TPSA) is 49.9 Å². The molecular weight excluding hydrogens is 408 g/mol. The van der Waals surface area contributed by atoms with Crippen LogP contribution in [0.15, 0.2) is 41.1 Å². The summed E-state index contributed by atoms with van der Waals surface area (Å²) in [5, 5.41) is 4.22. The highest BCUT2D eigenvalue weighted by Crippen LogP contribution is 2.37. The van der Waals surface area contributed by atoms with Crippen molar-refractivity contribution in [3.63, 3.8) is 0 Å². The van der Waals surface area contributed by atoms with Gasteiger partial charge in [0.15, 0.2) is 0 Å². The summed E-state index contributed by atoms with van der Waals surface area (Å²) in [6, 6.07) is 10.6. The van der Waals surface area contributed by atoms with Crippen LogP contribution in [0.1, 0.15) is 37.7 Å². The number of thiophene rings is 1. The van der Waals surface area contributed by atoms with Crippen LogP contribution >= 0.6 is 11.3 Å². The molecule has 5 nitrogen and oxygen atoms in total. The summed E-state index contributed by atoms with van der Waals surface area (Å²) in [6.45, 7) is 1.96. The fraction of sp³-hybridized carbons (Fsp3) is 0.520. The van der Waals surface area contributed by atoms with Crippen molar-refractivity contribution in [1.29, 1.82) is 0 Å². The first kappa shape index (κ1) is 22.0. The van der Waals surface area contributed by atoms with E-state index < -0.39 is 5.41 Å². The van der Waals surface area contributed by atoms with Crippen molar-refractivity contribution in [3.05, 3.63) is 46.7 Å². The van der Waals surface area contributed by atoms with Crippen LogP contribution in [0, 0.1) is 5.41 Å². The number of ether oxygens (including phenoxy) is 1. The molecule has 2 aliphatic rings. The average molecular weight is 441 g/mol. The molecule has 2 atom stereocenters. The number of carbonyl (C=O) groups is 2. The van der Waals surface area contributed by atoms with Gasteiger partial charge in [-0.2, -0.15) is 11.3 Å². The quantitative estimate of drug-likeness (QED) is 0.648. The van der Waals surface area contributed by atoms with Crippen LogP contribution in [0.5, 0.6) is 0 Å². The number of hydrogen-bond acceptors (Lipinski definition) is 4. The lowest BCUT2D eigenvalue weighted by Crippen LogP contribution is -2.44. The van der Waals surface area contributed by atoms with E-state index in [1.165, 1.54) is 11.1 Å². The van der Waals surface area contributed by atoms with Crippen molar-refractivity contribution in [3.8, 4) is 11.1 Å². The second kappa shape index (κ2) is 9.53. The van der Waals surface area contributed by atoms with Crippen LogP contribution < -0.4 is 0 Å². The van der Waals surface area contributed by atoms with Gasteiger partial charge in [0.2, 0.25) is 11.8 Å². The molecule has 2 saturated heterocycles. The van der Waals surface area contributed by atoms with E-state index in [-0.39, 0.29) is 17.9 Å². The zero-order valence-corrected chi connectivity index (χ0v) is 19.3. The van der Waals surface area contributed by atoms with Crippen molar-refractivity contribution < 1.29 is 14.3 Å². The lowest BCUT2D eigenvalue weighted by molar-refractivity contribution is -0.139. The molecule has 2 aromatic rings. The molecule has 0 bridgehead atoms. The molecule has 166 valence electrons. The second-order valence-corrected chi connectivity index (χ2v) is 9.88. The number of amides is 2. The highest BCUT2D eigenvalue weighted by Gasteiger charge is 2.46. The predicted octanol–water partition coefficient (Wildman–Crippen LogP) is 4.22. The van der Waals surface area contributed by atoms with Crippen LogP contribution in [0.2, 0.25) is 0 Å². The van der Waals surface area contributed by atoms with Gasteiger partial charge < -0.3 is 14.5 Å². The van der Waals surface area contributed by atoms with E-state index in [9.17, 15) is 9.59 Å². The Kier molecular flexibility index (Phi) is 6.77. The Morgan fingerprint density at radius 3 is 2.65 bits per heavy atom. The number of carbonyl (C=O) groups excluding carboxylic acids is 2. The van der Waals surface area contributed by atoms with E-state index in [4.69, 9.17) is 4.74 Å². The Labute approximate surface area is 189 Å². The first-order valence-electron chi connectivity index (χ1n) is 11.2. The number of rotatable bonds is 7. The van der Waals surface area contributed by atoms with Gasteiger partial charge in [-0.3, -0.25) is 9.59 Å². The summed E-state index contributed by atoms with van der Waals surface area (Å²) in [4.78, 5) is 29.7. The maximum absolute atomic E-state index is 13.2. The standard InChI is InChI=1S/C25H32N2O3S/c1-26(2)24(29)25(16-19-5-7-20(8-6-19)21-11-15-31-17-21)12-13-27(18-25)23(28)10-9-22-4-3-14-30-22/h5-8,11,15,17,22H,3-4,9-10,12-14,16,18H2,1-2H3/t22-,25+/m1/s1. The van der Waals surface area contributed by atoms with Crippen molar-refractivity contribution in [2.45, 2.75) is 44.6 Å². The summed E-state index contributed by atoms with van der Waals surface area (Å²) >= 11 is 1.69. The van der Waals surface area contributed by atoms with E-state index in [0.717, 1.165) is 31.4 Å². The lowest BCUT2D eigenvalue weighted by atomic mass is 9.79. The van der Waals surface area contributed by atoms with Crippen LogP contribution in [0.4, 0.5) is 0 Å². The fourth-order valence-corrected chi connectivity index (χ4v) is 5.57. The number of nitrogens with zero attached hydrogens (tertiary/aromatic N) is 2. The molecule has 2 aliphatic heterocycles. The minimum atomic E-state index is -0.549. The van der Waals surface area contributed by atoms with Gasteiger partial charge in [-0.25, -0.2) is 0 Å². The van der Waals surface area contributed by atoms with E-state index in [2.05, 4.69) is 41.1 Å².